The first-order valence-corrected chi connectivity index (χ1v) is 6.59. The molecule has 0 saturated heterocycles. The van der Waals surface area contributed by atoms with Gasteiger partial charge in [0.2, 0.25) is 0 Å². The maximum atomic E-state index is 13.2. The monoisotopic (exact) mass is 289 g/mol. The van der Waals surface area contributed by atoms with E-state index in [-0.39, 0.29) is 17.8 Å². The molecule has 0 aliphatic heterocycles. The van der Waals surface area contributed by atoms with Gasteiger partial charge in [-0.1, -0.05) is 18.2 Å². The molecular weight excluding hydrogens is 273 g/mol. The van der Waals surface area contributed by atoms with Gasteiger partial charge in [-0.15, -0.1) is 0 Å². The molecular formula is C15H16FN3O2. The van der Waals surface area contributed by atoms with Crippen molar-refractivity contribution in [2.24, 2.45) is 0 Å². The normalized spacial score (nSPS) is 13.7. The van der Waals surface area contributed by atoms with Crippen LogP contribution in [0.3, 0.4) is 0 Å². The minimum atomic E-state index is -0.403. The molecule has 6 heteroatoms. The molecule has 2 aromatic rings. The highest BCUT2D eigenvalue weighted by molar-refractivity contribution is 5.41. The van der Waals surface area contributed by atoms with Gasteiger partial charge in [0.1, 0.15) is 5.82 Å². The van der Waals surface area contributed by atoms with Crippen LogP contribution in [-0.2, 0) is 0 Å². The second-order valence-electron chi connectivity index (χ2n) is 4.86. The van der Waals surface area contributed by atoms with Crippen molar-refractivity contribution in [3.8, 4) is 0 Å². The molecule has 1 aromatic carbocycles. The molecule has 1 heterocycles. The third-order valence-electron chi connectivity index (χ3n) is 3.33. The van der Waals surface area contributed by atoms with Crippen LogP contribution in [0.5, 0.6) is 0 Å². The fourth-order valence-corrected chi connectivity index (χ4v) is 2.25. The van der Waals surface area contributed by atoms with E-state index in [1.807, 2.05) is 13.8 Å². The quantitative estimate of drug-likeness (QED) is 0.675. The summed E-state index contributed by atoms with van der Waals surface area (Å²) in [5, 5.41) is 14.3. The second-order valence-corrected chi connectivity index (χ2v) is 4.86. The summed E-state index contributed by atoms with van der Waals surface area (Å²) in [6.07, 6.45) is 2.72. The van der Waals surface area contributed by atoms with E-state index in [9.17, 15) is 14.5 Å². The highest BCUT2D eigenvalue weighted by Crippen LogP contribution is 2.26. The predicted molar refractivity (Wildman–Crippen MR) is 77.3 cm³/mol. The fraction of sp³-hybridized carbons (Fsp3) is 0.267. The number of nitro groups is 1. The van der Waals surface area contributed by atoms with Crippen molar-refractivity contribution in [3.05, 3.63) is 69.8 Å². The SMILES string of the molecule is C[C@H](N[C@H](C)c1ccccc1[N+](=O)[O-])c1cncc(F)c1. The highest BCUT2D eigenvalue weighted by atomic mass is 19.1. The zero-order chi connectivity index (χ0) is 15.4. The lowest BCUT2D eigenvalue weighted by molar-refractivity contribution is -0.385. The lowest BCUT2D eigenvalue weighted by Gasteiger charge is -2.20. The molecule has 0 unspecified atom stereocenters. The van der Waals surface area contributed by atoms with E-state index in [1.165, 1.54) is 12.1 Å². The number of rotatable bonds is 5. The van der Waals surface area contributed by atoms with E-state index in [1.54, 1.807) is 24.4 Å². The third-order valence-corrected chi connectivity index (χ3v) is 3.33. The van der Waals surface area contributed by atoms with Gasteiger partial charge in [-0.2, -0.15) is 0 Å². The van der Waals surface area contributed by atoms with Crippen LogP contribution in [0.2, 0.25) is 0 Å². The summed E-state index contributed by atoms with van der Waals surface area (Å²) in [5.74, 6) is -0.403. The van der Waals surface area contributed by atoms with Crippen LogP contribution >= 0.6 is 0 Å². The number of benzene rings is 1. The average Bonchev–Trinajstić information content (AvgIpc) is 2.47. The standard InChI is InChI=1S/C15H16FN3O2/c1-10(12-7-13(16)9-17-8-12)18-11(2)14-5-3-4-6-15(14)19(20)21/h3-11,18H,1-2H3/t10-,11+/m0/s1. The second kappa shape index (κ2) is 6.41. The minimum Gasteiger partial charge on any atom is -0.303 e. The first kappa shape index (κ1) is 15.1. The fourth-order valence-electron chi connectivity index (χ4n) is 2.25. The number of nitrogens with zero attached hydrogens (tertiary/aromatic N) is 2. The number of pyridine rings is 1. The molecule has 0 aliphatic rings. The lowest BCUT2D eigenvalue weighted by Crippen LogP contribution is -2.23. The zero-order valence-corrected chi connectivity index (χ0v) is 11.8. The molecule has 1 aromatic heterocycles. The van der Waals surface area contributed by atoms with Crippen LogP contribution in [0.1, 0.15) is 37.1 Å². The first-order valence-electron chi connectivity index (χ1n) is 6.59. The van der Waals surface area contributed by atoms with Gasteiger partial charge >= 0.3 is 0 Å². The van der Waals surface area contributed by atoms with Crippen LogP contribution in [0, 0.1) is 15.9 Å². The van der Waals surface area contributed by atoms with Crippen molar-refractivity contribution < 1.29 is 9.31 Å². The molecule has 0 fully saturated rings. The molecule has 0 bridgehead atoms. The number of para-hydroxylation sites is 1. The minimum absolute atomic E-state index is 0.0714. The van der Waals surface area contributed by atoms with Crippen LogP contribution < -0.4 is 5.32 Å². The molecule has 110 valence electrons. The number of nitrogens with one attached hydrogen (secondary N) is 1. The Kier molecular flexibility index (Phi) is 4.59. The van der Waals surface area contributed by atoms with Gasteiger partial charge < -0.3 is 5.32 Å². The maximum Gasteiger partial charge on any atom is 0.274 e. The van der Waals surface area contributed by atoms with E-state index in [0.717, 1.165) is 6.20 Å². The van der Waals surface area contributed by atoms with E-state index >= 15 is 0 Å². The Morgan fingerprint density at radius 1 is 1.24 bits per heavy atom. The van der Waals surface area contributed by atoms with Gasteiger partial charge in [0.05, 0.1) is 11.1 Å². The van der Waals surface area contributed by atoms with Crippen LogP contribution in [0.25, 0.3) is 0 Å². The van der Waals surface area contributed by atoms with E-state index < -0.39 is 10.7 Å². The molecule has 0 spiro atoms. The molecule has 2 atom stereocenters. The van der Waals surface area contributed by atoms with E-state index in [4.69, 9.17) is 0 Å². The molecule has 0 amide bonds. The summed E-state index contributed by atoms with van der Waals surface area (Å²) in [7, 11) is 0. The van der Waals surface area contributed by atoms with Crippen molar-refractivity contribution in [2.75, 3.05) is 0 Å². The van der Waals surface area contributed by atoms with Gasteiger partial charge in [0, 0.05) is 29.9 Å². The smallest absolute Gasteiger partial charge is 0.274 e. The Hall–Kier alpha value is -2.34. The Labute approximate surface area is 122 Å². The summed E-state index contributed by atoms with van der Waals surface area (Å²) in [5.41, 5.74) is 1.36. The van der Waals surface area contributed by atoms with Gasteiger partial charge in [-0.3, -0.25) is 15.1 Å². The van der Waals surface area contributed by atoms with Crippen molar-refractivity contribution in [1.29, 1.82) is 0 Å². The lowest BCUT2D eigenvalue weighted by atomic mass is 10.0. The summed E-state index contributed by atoms with van der Waals surface area (Å²) in [6, 6.07) is 7.56. The number of hydrogen-bond acceptors (Lipinski definition) is 4. The number of nitro benzene ring substituents is 1. The Morgan fingerprint density at radius 3 is 2.62 bits per heavy atom. The Morgan fingerprint density at radius 2 is 1.95 bits per heavy atom. The molecule has 0 saturated carbocycles. The first-order chi connectivity index (χ1) is 9.99. The molecule has 2 rings (SSSR count). The molecule has 21 heavy (non-hydrogen) atoms. The molecule has 0 aliphatic carbocycles. The Bertz CT molecular complexity index is 648. The molecule has 0 radical (unpaired) electrons. The number of aromatic nitrogens is 1. The summed E-state index contributed by atoms with van der Waals surface area (Å²) >= 11 is 0. The van der Waals surface area contributed by atoms with Crippen LogP contribution in [0.15, 0.2) is 42.7 Å². The summed E-state index contributed by atoms with van der Waals surface area (Å²) in [6.45, 7) is 3.70. The zero-order valence-electron chi connectivity index (χ0n) is 11.8. The highest BCUT2D eigenvalue weighted by Gasteiger charge is 2.20. The van der Waals surface area contributed by atoms with Gasteiger partial charge in [-0.05, 0) is 25.5 Å². The van der Waals surface area contributed by atoms with Gasteiger partial charge in [-0.25, -0.2) is 4.39 Å². The number of halogens is 1. The van der Waals surface area contributed by atoms with Crippen molar-refractivity contribution in [1.82, 2.24) is 10.3 Å². The van der Waals surface area contributed by atoms with Crippen molar-refractivity contribution >= 4 is 5.69 Å². The summed E-state index contributed by atoms with van der Waals surface area (Å²) < 4.78 is 13.2. The topological polar surface area (TPSA) is 68.1 Å². The average molecular weight is 289 g/mol. The van der Waals surface area contributed by atoms with Crippen molar-refractivity contribution in [2.45, 2.75) is 25.9 Å². The van der Waals surface area contributed by atoms with Crippen LogP contribution in [0.4, 0.5) is 10.1 Å². The largest absolute Gasteiger partial charge is 0.303 e. The van der Waals surface area contributed by atoms with E-state index in [0.29, 0.717) is 11.1 Å². The number of hydrogen-bond donors (Lipinski definition) is 1. The predicted octanol–water partition coefficient (Wildman–Crippen LogP) is 3.54. The molecule has 1 N–H and O–H groups in total. The van der Waals surface area contributed by atoms with Crippen molar-refractivity contribution in [3.63, 3.8) is 0 Å². The van der Waals surface area contributed by atoms with Crippen LogP contribution in [-0.4, -0.2) is 9.91 Å². The van der Waals surface area contributed by atoms with Gasteiger partial charge in [0.15, 0.2) is 0 Å². The molecule has 5 nitrogen and oxygen atoms in total. The van der Waals surface area contributed by atoms with Gasteiger partial charge in [0.25, 0.3) is 5.69 Å². The Balaban J connectivity index is 2.18. The maximum absolute atomic E-state index is 13.2. The summed E-state index contributed by atoms with van der Waals surface area (Å²) in [4.78, 5) is 14.5. The van der Waals surface area contributed by atoms with E-state index in [2.05, 4.69) is 10.3 Å². The third kappa shape index (κ3) is 3.61.